The molecule has 22 heteroatoms. The molecule has 0 bridgehead atoms. The number of unbranched alkanes of at least 4 members (excludes halogenated alkanes) is 1. The minimum absolute atomic E-state index is 0.121. The zero-order chi connectivity index (χ0) is 45.9. The summed E-state index contributed by atoms with van der Waals surface area (Å²) in [4.78, 5) is 110. The first-order valence-electron chi connectivity index (χ1n) is 19.9. The Labute approximate surface area is 358 Å². The Morgan fingerprint density at radius 2 is 1.40 bits per heavy atom. The normalized spacial score (nSPS) is 13.2. The van der Waals surface area contributed by atoms with E-state index in [1.165, 1.54) is 39.0 Å². The van der Waals surface area contributed by atoms with Crippen LogP contribution < -0.4 is 37.6 Å². The van der Waals surface area contributed by atoms with E-state index in [-0.39, 0.29) is 12.0 Å². The number of primary amides is 1. The molecule has 62 heavy (non-hydrogen) atoms. The molecule has 2 aromatic carbocycles. The third-order valence-corrected chi connectivity index (χ3v) is 9.60. The van der Waals surface area contributed by atoms with E-state index < -0.39 is 111 Å². The van der Waals surface area contributed by atoms with Crippen LogP contribution in [0.4, 0.5) is 0 Å². The molecule has 0 radical (unpaired) electrons. The molecular formula is C40H55BN10O11. The van der Waals surface area contributed by atoms with Crippen LogP contribution in [-0.4, -0.2) is 141 Å². The lowest BCUT2D eigenvalue weighted by Gasteiger charge is -2.29. The molecule has 3 aromatic rings. The lowest BCUT2D eigenvalue weighted by atomic mass is 9.92. The minimum atomic E-state index is -1.91. The van der Waals surface area contributed by atoms with Crippen LogP contribution in [0.3, 0.4) is 0 Å². The van der Waals surface area contributed by atoms with Crippen LogP contribution in [-0.2, 0) is 46.4 Å². The zero-order valence-corrected chi connectivity index (χ0v) is 35.0. The van der Waals surface area contributed by atoms with Crippen LogP contribution in [0, 0.1) is 0 Å². The smallest absolute Gasteiger partial charge is 0.426 e. The molecule has 1 aromatic heterocycles. The monoisotopic (exact) mass is 862 g/mol. The molecule has 0 aliphatic carbocycles. The number of hydrogen-bond donors (Lipinski definition) is 11. The van der Waals surface area contributed by atoms with Crippen molar-refractivity contribution in [2.45, 2.75) is 83.1 Å². The predicted molar refractivity (Wildman–Crippen MR) is 225 cm³/mol. The molecule has 12 N–H and O–H groups in total. The van der Waals surface area contributed by atoms with E-state index in [9.17, 15) is 43.5 Å². The quantitative estimate of drug-likeness (QED) is 0.0407. The fraction of sp³-hybridized carbons (Fsp3) is 0.425. The topological polar surface area (TPSA) is 327 Å². The number of aromatic amines is 1. The van der Waals surface area contributed by atoms with Gasteiger partial charge in [0.2, 0.25) is 41.4 Å². The van der Waals surface area contributed by atoms with Crippen molar-refractivity contribution in [3.63, 3.8) is 0 Å². The van der Waals surface area contributed by atoms with Gasteiger partial charge in [-0.2, -0.15) is 0 Å². The van der Waals surface area contributed by atoms with E-state index in [0.29, 0.717) is 5.69 Å². The number of likely N-dealkylation sites (N-methyl/N-ethyl adjacent to an activating group) is 1. The first-order valence-corrected chi connectivity index (χ1v) is 19.9. The van der Waals surface area contributed by atoms with Crippen LogP contribution in [0.25, 0.3) is 11.1 Å². The van der Waals surface area contributed by atoms with Gasteiger partial charge < -0.3 is 62.7 Å². The van der Waals surface area contributed by atoms with Crippen molar-refractivity contribution < 1.29 is 53.5 Å². The van der Waals surface area contributed by atoms with Crippen molar-refractivity contribution in [3.8, 4) is 11.1 Å². The number of carbonyl (C=O) groups excluding carboxylic acids is 8. The van der Waals surface area contributed by atoms with Gasteiger partial charge in [-0.25, -0.2) is 4.98 Å². The Balaban J connectivity index is 1.57. The van der Waals surface area contributed by atoms with Gasteiger partial charge in [0, 0.05) is 30.9 Å². The number of aliphatic hydroxyl groups excluding tert-OH is 1. The number of aryl methyl sites for hydroxylation is 1. The van der Waals surface area contributed by atoms with Gasteiger partial charge in [0.15, 0.2) is 0 Å². The summed E-state index contributed by atoms with van der Waals surface area (Å²) in [6.45, 7) is 3.31. The molecule has 0 aliphatic heterocycles. The maximum absolute atomic E-state index is 13.5. The highest BCUT2D eigenvalue weighted by Gasteiger charge is 2.32. The van der Waals surface area contributed by atoms with Crippen molar-refractivity contribution in [1.29, 1.82) is 0 Å². The van der Waals surface area contributed by atoms with E-state index in [1.807, 2.05) is 12.1 Å². The van der Waals surface area contributed by atoms with Gasteiger partial charge in [-0.3, -0.25) is 38.4 Å². The second kappa shape index (κ2) is 24.6. The van der Waals surface area contributed by atoms with Gasteiger partial charge in [0.05, 0.1) is 32.3 Å². The Bertz CT molecular complexity index is 2000. The first kappa shape index (κ1) is 49.7. The molecule has 0 saturated heterocycles. The number of nitrogens with zero attached hydrogens (tertiary/aromatic N) is 2. The van der Waals surface area contributed by atoms with Gasteiger partial charge in [0.1, 0.15) is 30.2 Å². The molecule has 8 amide bonds. The zero-order valence-electron chi connectivity index (χ0n) is 35.0. The van der Waals surface area contributed by atoms with Gasteiger partial charge in [-0.1, -0.05) is 49.7 Å². The van der Waals surface area contributed by atoms with Gasteiger partial charge in [0.25, 0.3) is 5.91 Å². The van der Waals surface area contributed by atoms with Crippen molar-refractivity contribution >= 4 is 54.4 Å². The highest BCUT2D eigenvalue weighted by Crippen LogP contribution is 2.21. The summed E-state index contributed by atoms with van der Waals surface area (Å²) in [5, 5.41) is 42.1. The molecule has 1 heterocycles. The molecule has 3 rings (SSSR count). The first-order chi connectivity index (χ1) is 29.4. The lowest BCUT2D eigenvalue weighted by Crippen LogP contribution is -2.58. The Kier molecular flexibility index (Phi) is 19.7. The SMILES string of the molecule is CCCCc1ccc(-c2ccc(C(=O)NC(CO)C(=O)NC(C)C(=O)NCC(=O)N(C)C(Cc3cnc[nH]3)C(=O)NC(C)C(=O)NC(CC(N)=O)C(=O)NCB(O)O)cc2)cc1. The van der Waals surface area contributed by atoms with Crippen LogP contribution in [0.5, 0.6) is 0 Å². The highest BCUT2D eigenvalue weighted by molar-refractivity contribution is 6.41. The number of aromatic nitrogens is 2. The van der Waals surface area contributed by atoms with Crippen molar-refractivity contribution in [1.82, 2.24) is 46.8 Å². The number of H-pyrrole nitrogens is 1. The summed E-state index contributed by atoms with van der Waals surface area (Å²) >= 11 is 0. The van der Waals surface area contributed by atoms with Crippen molar-refractivity contribution in [2.24, 2.45) is 5.73 Å². The fourth-order valence-electron chi connectivity index (χ4n) is 5.90. The van der Waals surface area contributed by atoms with Crippen molar-refractivity contribution in [3.05, 3.63) is 77.9 Å². The molecule has 0 spiro atoms. The summed E-state index contributed by atoms with van der Waals surface area (Å²) in [6.07, 6.45) is 4.59. The number of nitrogens with two attached hydrogens (primary N) is 1. The van der Waals surface area contributed by atoms with Gasteiger partial charge in [-0.05, 0) is 55.5 Å². The third-order valence-electron chi connectivity index (χ3n) is 9.60. The average Bonchev–Trinajstić information content (AvgIpc) is 3.77. The Morgan fingerprint density at radius 1 is 0.790 bits per heavy atom. The number of amides is 8. The maximum Gasteiger partial charge on any atom is 0.472 e. The average molecular weight is 863 g/mol. The number of aliphatic hydroxyl groups is 1. The molecule has 0 fully saturated rings. The molecule has 5 unspecified atom stereocenters. The second-order valence-corrected chi connectivity index (χ2v) is 14.5. The lowest BCUT2D eigenvalue weighted by molar-refractivity contribution is -0.140. The molecule has 0 aliphatic rings. The van der Waals surface area contributed by atoms with Crippen LogP contribution in [0.2, 0.25) is 0 Å². The predicted octanol–water partition coefficient (Wildman–Crippen LogP) is -2.81. The van der Waals surface area contributed by atoms with Crippen LogP contribution in [0.15, 0.2) is 61.1 Å². The number of imidazole rings is 1. The number of hydrogen-bond acceptors (Lipinski definition) is 12. The Hall–Kier alpha value is -6.65. The minimum Gasteiger partial charge on any atom is -0.426 e. The molecular weight excluding hydrogens is 807 g/mol. The van der Waals surface area contributed by atoms with Gasteiger partial charge >= 0.3 is 7.12 Å². The molecule has 21 nitrogen and oxygen atoms in total. The van der Waals surface area contributed by atoms with E-state index in [0.717, 1.165) is 35.3 Å². The number of benzene rings is 2. The van der Waals surface area contributed by atoms with Crippen molar-refractivity contribution in [2.75, 3.05) is 26.6 Å². The van der Waals surface area contributed by atoms with Crippen LogP contribution in [0.1, 0.15) is 61.6 Å². The third kappa shape index (κ3) is 15.8. The largest absolute Gasteiger partial charge is 0.472 e. The van der Waals surface area contributed by atoms with E-state index >= 15 is 0 Å². The second-order valence-electron chi connectivity index (χ2n) is 14.5. The summed E-state index contributed by atoms with van der Waals surface area (Å²) < 4.78 is 0. The van der Waals surface area contributed by atoms with Crippen LogP contribution >= 0.6 is 0 Å². The van der Waals surface area contributed by atoms with E-state index in [2.05, 4.69) is 60.9 Å². The number of carbonyl (C=O) groups is 8. The highest BCUT2D eigenvalue weighted by atomic mass is 16.4. The maximum atomic E-state index is 13.5. The number of nitrogens with one attached hydrogen (secondary N) is 7. The standard InChI is InChI=1S/C40H55BN10O11/c1-5-6-7-25-8-10-26(11-9-25)27-12-14-28(15-13-27)37(57)50-31(20-52)39(59)47-23(2)35(55)44-19-34(54)51(4)32(16-29-18-43-22-46-29)40(60)48-24(3)36(56)49-30(17-33(42)53)38(58)45-21-41(61)62/h8-15,18,22-24,30-32,52,61-62H,5-7,16-17,19-21H2,1-4H3,(H2,42,53)(H,43,46)(H,44,55)(H,45,58)(H,47,59)(H,48,60)(H,49,56)(H,50,57). The summed E-state index contributed by atoms with van der Waals surface area (Å²) in [6, 6.07) is 8.10. The van der Waals surface area contributed by atoms with E-state index in [1.54, 1.807) is 24.3 Å². The Morgan fingerprint density at radius 3 is 1.97 bits per heavy atom. The number of rotatable bonds is 24. The van der Waals surface area contributed by atoms with E-state index in [4.69, 9.17) is 15.8 Å². The van der Waals surface area contributed by atoms with Gasteiger partial charge in [-0.15, -0.1) is 0 Å². The molecule has 334 valence electrons. The molecule has 0 saturated carbocycles. The molecule has 5 atom stereocenters. The summed E-state index contributed by atoms with van der Waals surface area (Å²) in [7, 11) is -0.626. The fourth-order valence-corrected chi connectivity index (χ4v) is 5.90. The summed E-state index contributed by atoms with van der Waals surface area (Å²) in [5.74, 6) is -6.71. The summed E-state index contributed by atoms with van der Waals surface area (Å²) in [5.41, 5.74) is 8.96.